The first-order valence-electron chi connectivity index (χ1n) is 11.4. The molecule has 0 aliphatic carbocycles. The molecule has 2 aromatic heterocycles. The molecule has 168 valence electrons. The van der Waals surface area contributed by atoms with Crippen molar-refractivity contribution in [3.8, 4) is 28.3 Å². The summed E-state index contributed by atoms with van der Waals surface area (Å²) >= 11 is 6.13. The molecule has 0 N–H and O–H groups in total. The molecule has 1 amide bonds. The molecule has 1 fully saturated rings. The highest BCUT2D eigenvalue weighted by molar-refractivity contribution is 6.30. The van der Waals surface area contributed by atoms with E-state index in [0.717, 1.165) is 59.8 Å². The van der Waals surface area contributed by atoms with Gasteiger partial charge in [-0.25, -0.2) is 4.98 Å². The van der Waals surface area contributed by atoms with Crippen molar-refractivity contribution in [3.63, 3.8) is 0 Å². The molecule has 1 aliphatic heterocycles. The first-order valence-corrected chi connectivity index (χ1v) is 11.7. The van der Waals surface area contributed by atoms with Crippen LogP contribution in [-0.4, -0.2) is 40.4 Å². The van der Waals surface area contributed by atoms with Crippen molar-refractivity contribution in [3.05, 3.63) is 77.4 Å². The number of imidazole rings is 1. The van der Waals surface area contributed by atoms with Crippen LogP contribution in [0.4, 0.5) is 0 Å². The zero-order chi connectivity index (χ0) is 22.8. The summed E-state index contributed by atoms with van der Waals surface area (Å²) in [5.74, 6) is 0.874. The molecular weight excluding hydrogens is 434 g/mol. The number of pyridine rings is 1. The lowest BCUT2D eigenvalue weighted by Gasteiger charge is -2.20. The van der Waals surface area contributed by atoms with Crippen LogP contribution in [0.2, 0.25) is 5.02 Å². The first kappa shape index (κ1) is 21.5. The maximum absolute atomic E-state index is 13.3. The highest BCUT2D eigenvalue weighted by atomic mass is 35.5. The van der Waals surface area contributed by atoms with E-state index in [1.807, 2.05) is 76.2 Å². The molecule has 5 nitrogen and oxygen atoms in total. The molecule has 3 heterocycles. The van der Waals surface area contributed by atoms with E-state index >= 15 is 0 Å². The Morgan fingerprint density at radius 3 is 2.21 bits per heavy atom. The Labute approximate surface area is 198 Å². The Bertz CT molecular complexity index is 1270. The van der Waals surface area contributed by atoms with Gasteiger partial charge in [-0.15, -0.1) is 0 Å². The van der Waals surface area contributed by atoms with Gasteiger partial charge in [-0.1, -0.05) is 36.6 Å². The van der Waals surface area contributed by atoms with Crippen molar-refractivity contribution in [2.24, 2.45) is 0 Å². The predicted octanol–water partition coefficient (Wildman–Crippen LogP) is 6.35. The fourth-order valence-electron chi connectivity index (χ4n) is 4.46. The van der Waals surface area contributed by atoms with Crippen molar-refractivity contribution in [2.75, 3.05) is 20.2 Å². The smallest absolute Gasteiger partial charge is 0.255 e. The van der Waals surface area contributed by atoms with Gasteiger partial charge in [-0.05, 0) is 61.4 Å². The van der Waals surface area contributed by atoms with E-state index in [-0.39, 0.29) is 5.91 Å². The second-order valence-electron chi connectivity index (χ2n) is 8.40. The van der Waals surface area contributed by atoms with E-state index in [1.165, 1.54) is 12.8 Å². The average molecular weight is 460 g/mol. The molecule has 0 spiro atoms. The minimum Gasteiger partial charge on any atom is -0.497 e. The minimum atomic E-state index is 0.0845. The van der Waals surface area contributed by atoms with E-state index in [2.05, 4.69) is 0 Å². The third-order valence-electron chi connectivity index (χ3n) is 6.24. The zero-order valence-corrected chi connectivity index (χ0v) is 19.4. The van der Waals surface area contributed by atoms with E-state index in [9.17, 15) is 4.79 Å². The number of halogens is 1. The minimum absolute atomic E-state index is 0.0845. The predicted molar refractivity (Wildman–Crippen MR) is 132 cm³/mol. The number of benzene rings is 2. The van der Waals surface area contributed by atoms with Crippen LogP contribution in [0.15, 0.2) is 66.9 Å². The van der Waals surface area contributed by atoms with Crippen LogP contribution < -0.4 is 4.74 Å². The summed E-state index contributed by atoms with van der Waals surface area (Å²) in [6, 6.07) is 19.4. The summed E-state index contributed by atoms with van der Waals surface area (Å²) in [5, 5.41) is 0.679. The number of hydrogen-bond acceptors (Lipinski definition) is 3. The monoisotopic (exact) mass is 459 g/mol. The Morgan fingerprint density at radius 2 is 1.55 bits per heavy atom. The largest absolute Gasteiger partial charge is 0.497 e. The number of rotatable bonds is 4. The van der Waals surface area contributed by atoms with E-state index in [0.29, 0.717) is 10.6 Å². The molecular formula is C27H26ClN3O2. The van der Waals surface area contributed by atoms with Crippen LogP contribution in [0.3, 0.4) is 0 Å². The van der Waals surface area contributed by atoms with E-state index in [4.69, 9.17) is 21.3 Å². The molecule has 2 aromatic carbocycles. The number of aromatic nitrogens is 2. The van der Waals surface area contributed by atoms with Crippen LogP contribution >= 0.6 is 11.6 Å². The maximum atomic E-state index is 13.3. The number of likely N-dealkylation sites (tertiary alicyclic amines) is 1. The molecule has 1 aliphatic rings. The van der Waals surface area contributed by atoms with Gasteiger partial charge in [0.2, 0.25) is 0 Å². The van der Waals surface area contributed by atoms with Crippen molar-refractivity contribution in [2.45, 2.75) is 25.7 Å². The second-order valence-corrected chi connectivity index (χ2v) is 8.83. The maximum Gasteiger partial charge on any atom is 0.255 e. The molecule has 5 rings (SSSR count). The van der Waals surface area contributed by atoms with Crippen molar-refractivity contribution < 1.29 is 9.53 Å². The first-order chi connectivity index (χ1) is 16.1. The van der Waals surface area contributed by atoms with Gasteiger partial charge in [-0.2, -0.15) is 0 Å². The third-order valence-corrected chi connectivity index (χ3v) is 6.49. The van der Waals surface area contributed by atoms with Gasteiger partial charge in [0.05, 0.1) is 24.1 Å². The molecule has 0 atom stereocenters. The van der Waals surface area contributed by atoms with Gasteiger partial charge >= 0.3 is 0 Å². The molecule has 0 radical (unpaired) electrons. The summed E-state index contributed by atoms with van der Waals surface area (Å²) in [4.78, 5) is 20.2. The van der Waals surface area contributed by atoms with Crippen LogP contribution in [0.5, 0.6) is 5.75 Å². The molecule has 6 heteroatoms. The van der Waals surface area contributed by atoms with Crippen LogP contribution in [0.1, 0.15) is 36.0 Å². The van der Waals surface area contributed by atoms with Gasteiger partial charge in [0.1, 0.15) is 11.4 Å². The number of amides is 1. The molecule has 1 saturated heterocycles. The van der Waals surface area contributed by atoms with Crippen molar-refractivity contribution in [1.29, 1.82) is 0 Å². The summed E-state index contributed by atoms with van der Waals surface area (Å²) in [6.07, 6.45) is 6.44. The van der Waals surface area contributed by atoms with Gasteiger partial charge in [0.25, 0.3) is 5.91 Å². The lowest BCUT2D eigenvalue weighted by molar-refractivity contribution is 0.0761. The second kappa shape index (κ2) is 9.28. The van der Waals surface area contributed by atoms with E-state index < -0.39 is 0 Å². The van der Waals surface area contributed by atoms with Gasteiger partial charge in [-0.3, -0.25) is 9.20 Å². The Kier molecular flexibility index (Phi) is 6.05. The quantitative estimate of drug-likeness (QED) is 0.357. The van der Waals surface area contributed by atoms with Gasteiger partial charge in [0.15, 0.2) is 0 Å². The standard InChI is InChI=1S/C27H26ClN3O2/c1-33-23-13-8-20(9-14-23)26-25(19-6-11-22(28)12-7-19)29-24-15-10-21(18-31(24)26)27(32)30-16-4-2-3-5-17-30/h6-15,18H,2-5,16-17H2,1H3. The summed E-state index contributed by atoms with van der Waals surface area (Å²) < 4.78 is 7.37. The topological polar surface area (TPSA) is 46.8 Å². The average Bonchev–Trinajstić information content (AvgIpc) is 3.02. The number of ether oxygens (including phenoxy) is 1. The van der Waals surface area contributed by atoms with Crippen molar-refractivity contribution >= 4 is 23.2 Å². The third kappa shape index (κ3) is 4.33. The van der Waals surface area contributed by atoms with E-state index in [1.54, 1.807) is 7.11 Å². The fourth-order valence-corrected chi connectivity index (χ4v) is 4.59. The molecule has 33 heavy (non-hydrogen) atoms. The molecule has 0 unspecified atom stereocenters. The lowest BCUT2D eigenvalue weighted by Crippen LogP contribution is -2.31. The zero-order valence-electron chi connectivity index (χ0n) is 18.6. The highest BCUT2D eigenvalue weighted by Gasteiger charge is 2.21. The Morgan fingerprint density at radius 1 is 0.879 bits per heavy atom. The normalized spacial score (nSPS) is 14.3. The number of nitrogens with zero attached hydrogens (tertiary/aromatic N) is 3. The summed E-state index contributed by atoms with van der Waals surface area (Å²) in [5.41, 5.74) is 5.20. The van der Waals surface area contributed by atoms with Crippen LogP contribution in [0, 0.1) is 0 Å². The molecule has 0 bridgehead atoms. The van der Waals surface area contributed by atoms with Gasteiger partial charge < -0.3 is 9.64 Å². The highest BCUT2D eigenvalue weighted by Crippen LogP contribution is 2.34. The van der Waals surface area contributed by atoms with Crippen LogP contribution in [-0.2, 0) is 0 Å². The van der Waals surface area contributed by atoms with Crippen molar-refractivity contribution in [1.82, 2.24) is 14.3 Å². The Balaban J connectivity index is 1.65. The molecule has 0 saturated carbocycles. The Hall–Kier alpha value is -3.31. The number of methoxy groups -OCH3 is 1. The molecule has 4 aromatic rings. The van der Waals surface area contributed by atoms with Crippen LogP contribution in [0.25, 0.3) is 28.2 Å². The lowest BCUT2D eigenvalue weighted by atomic mass is 10.0. The summed E-state index contributed by atoms with van der Waals surface area (Å²) in [7, 11) is 1.66. The SMILES string of the molecule is COc1ccc(-c2c(-c3ccc(Cl)cc3)nc3ccc(C(=O)N4CCCCCC4)cn23)cc1. The van der Waals surface area contributed by atoms with Gasteiger partial charge in [0, 0.05) is 35.4 Å². The number of carbonyl (C=O) groups is 1. The summed E-state index contributed by atoms with van der Waals surface area (Å²) in [6.45, 7) is 1.64. The number of carbonyl (C=O) groups excluding carboxylic acids is 1. The fraction of sp³-hybridized carbons (Fsp3) is 0.259. The number of fused-ring (bicyclic) bond motifs is 1. The number of hydrogen-bond donors (Lipinski definition) is 0.